The second-order valence-corrected chi connectivity index (χ2v) is 6.43. The molecule has 0 spiro atoms. The average molecular weight is 339 g/mol. The molecule has 6 nitrogen and oxygen atoms in total. The molecular formula is C16H19ClN2O4. The third kappa shape index (κ3) is 2.95. The Balaban J connectivity index is 1.76. The lowest BCUT2D eigenvalue weighted by molar-refractivity contribution is -0.0757. The Morgan fingerprint density at radius 3 is 2.83 bits per heavy atom. The molecule has 1 aromatic heterocycles. The van der Waals surface area contributed by atoms with Crippen molar-refractivity contribution in [1.29, 1.82) is 0 Å². The number of aliphatic hydroxyl groups is 2. The number of halogens is 1. The molecule has 2 heterocycles. The first kappa shape index (κ1) is 16.3. The fourth-order valence-electron chi connectivity index (χ4n) is 2.74. The van der Waals surface area contributed by atoms with Gasteiger partial charge in [-0.05, 0) is 32.0 Å². The summed E-state index contributed by atoms with van der Waals surface area (Å²) in [7, 11) is 0. The number of hydrogen-bond acceptors (Lipinski definition) is 6. The Labute approximate surface area is 138 Å². The highest BCUT2D eigenvalue weighted by Crippen LogP contribution is 2.32. The number of nitrogens with two attached hydrogens (primary N) is 1. The number of nitrogen functional groups attached to an aromatic ring is 1. The van der Waals surface area contributed by atoms with E-state index in [-0.39, 0.29) is 12.4 Å². The first-order chi connectivity index (χ1) is 10.8. The standard InChI is InChI=1S/C16H19ClN2O4/c1-8-14(20)16(2,21)13(23-8)7-22-10-4-3-9-5-11(17)15(18)19-12(9)6-10/h3-6,8,13-14,20-21H,7H2,1-2H3,(H2,18,19)/t8-,13+,14-,16+/m0/s1. The first-order valence-corrected chi connectivity index (χ1v) is 7.71. The molecular weight excluding hydrogens is 320 g/mol. The van der Waals surface area contributed by atoms with Crippen LogP contribution in [0.3, 0.4) is 0 Å². The molecule has 0 radical (unpaired) electrons. The lowest BCUT2D eigenvalue weighted by Gasteiger charge is -2.26. The zero-order valence-corrected chi connectivity index (χ0v) is 13.6. The Morgan fingerprint density at radius 2 is 2.17 bits per heavy atom. The number of nitrogens with zero attached hydrogens (tertiary/aromatic N) is 1. The zero-order chi connectivity index (χ0) is 16.8. The summed E-state index contributed by atoms with van der Waals surface area (Å²) in [6, 6.07) is 7.09. The van der Waals surface area contributed by atoms with Crippen LogP contribution >= 0.6 is 11.6 Å². The van der Waals surface area contributed by atoms with Gasteiger partial charge in [0.25, 0.3) is 0 Å². The number of aliphatic hydroxyl groups excluding tert-OH is 1. The second kappa shape index (κ2) is 5.79. The van der Waals surface area contributed by atoms with E-state index in [2.05, 4.69) is 4.98 Å². The molecule has 3 rings (SSSR count). The fraction of sp³-hybridized carbons (Fsp3) is 0.438. The quantitative estimate of drug-likeness (QED) is 0.788. The summed E-state index contributed by atoms with van der Waals surface area (Å²) >= 11 is 5.95. The third-order valence-electron chi connectivity index (χ3n) is 4.25. The molecule has 0 aliphatic carbocycles. The first-order valence-electron chi connectivity index (χ1n) is 7.33. The van der Waals surface area contributed by atoms with Gasteiger partial charge in [-0.3, -0.25) is 0 Å². The molecule has 1 aliphatic heterocycles. The lowest BCUT2D eigenvalue weighted by atomic mass is 9.94. The number of pyridine rings is 1. The van der Waals surface area contributed by atoms with Crippen molar-refractivity contribution in [2.24, 2.45) is 0 Å². The smallest absolute Gasteiger partial charge is 0.142 e. The van der Waals surface area contributed by atoms with Crippen LogP contribution in [0.4, 0.5) is 5.82 Å². The third-order valence-corrected chi connectivity index (χ3v) is 4.55. The Bertz CT molecular complexity index is 737. The molecule has 0 amide bonds. The number of fused-ring (bicyclic) bond motifs is 1. The van der Waals surface area contributed by atoms with E-state index >= 15 is 0 Å². The average Bonchev–Trinajstić information content (AvgIpc) is 2.69. The fourth-order valence-corrected chi connectivity index (χ4v) is 2.90. The highest BCUT2D eigenvalue weighted by molar-refractivity contribution is 6.33. The molecule has 1 saturated heterocycles. The Kier molecular flexibility index (Phi) is 4.10. The molecule has 1 aliphatic rings. The monoisotopic (exact) mass is 338 g/mol. The molecule has 2 aromatic rings. The number of benzene rings is 1. The minimum Gasteiger partial charge on any atom is -0.491 e. The van der Waals surface area contributed by atoms with Crippen LogP contribution in [0.2, 0.25) is 5.02 Å². The zero-order valence-electron chi connectivity index (χ0n) is 12.9. The summed E-state index contributed by atoms with van der Waals surface area (Å²) in [5.74, 6) is 0.829. The largest absolute Gasteiger partial charge is 0.491 e. The normalized spacial score (nSPS) is 30.7. The van der Waals surface area contributed by atoms with Crippen LogP contribution in [0, 0.1) is 0 Å². The highest BCUT2D eigenvalue weighted by atomic mass is 35.5. The maximum atomic E-state index is 10.3. The molecule has 0 saturated carbocycles. The minimum atomic E-state index is -1.35. The van der Waals surface area contributed by atoms with Crippen molar-refractivity contribution in [3.05, 3.63) is 29.3 Å². The van der Waals surface area contributed by atoms with Crippen molar-refractivity contribution in [2.75, 3.05) is 12.3 Å². The predicted octanol–water partition coefficient (Wildman–Crippen LogP) is 1.75. The lowest BCUT2D eigenvalue weighted by Crippen LogP contribution is -2.47. The molecule has 0 bridgehead atoms. The van der Waals surface area contributed by atoms with Crippen LogP contribution in [-0.2, 0) is 4.74 Å². The molecule has 0 unspecified atom stereocenters. The van der Waals surface area contributed by atoms with E-state index in [1.165, 1.54) is 0 Å². The summed E-state index contributed by atoms with van der Waals surface area (Å²) in [5, 5.41) is 21.5. The van der Waals surface area contributed by atoms with Gasteiger partial charge in [0.15, 0.2) is 0 Å². The summed E-state index contributed by atoms with van der Waals surface area (Å²) < 4.78 is 11.2. The van der Waals surface area contributed by atoms with E-state index in [1.807, 2.05) is 6.07 Å². The highest BCUT2D eigenvalue weighted by Gasteiger charge is 2.50. The maximum Gasteiger partial charge on any atom is 0.142 e. The van der Waals surface area contributed by atoms with Crippen molar-refractivity contribution in [2.45, 2.75) is 37.8 Å². The van der Waals surface area contributed by atoms with Gasteiger partial charge in [0.2, 0.25) is 0 Å². The van der Waals surface area contributed by atoms with Gasteiger partial charge in [0, 0.05) is 11.5 Å². The second-order valence-electron chi connectivity index (χ2n) is 6.02. The minimum absolute atomic E-state index is 0.114. The van der Waals surface area contributed by atoms with E-state index in [9.17, 15) is 10.2 Å². The molecule has 7 heteroatoms. The number of anilines is 1. The molecule has 23 heavy (non-hydrogen) atoms. The van der Waals surface area contributed by atoms with E-state index in [1.54, 1.807) is 32.0 Å². The molecule has 4 atom stereocenters. The molecule has 124 valence electrons. The number of rotatable bonds is 3. The van der Waals surface area contributed by atoms with Gasteiger partial charge in [-0.1, -0.05) is 11.6 Å². The van der Waals surface area contributed by atoms with Gasteiger partial charge < -0.3 is 25.4 Å². The summed E-state index contributed by atoms with van der Waals surface area (Å²) in [4.78, 5) is 4.21. The summed E-state index contributed by atoms with van der Waals surface area (Å²) in [5.41, 5.74) is 5.02. The van der Waals surface area contributed by atoms with Crippen LogP contribution in [0.1, 0.15) is 13.8 Å². The van der Waals surface area contributed by atoms with E-state index in [0.29, 0.717) is 16.3 Å². The Hall–Kier alpha value is -1.60. The van der Waals surface area contributed by atoms with E-state index in [0.717, 1.165) is 5.39 Å². The Morgan fingerprint density at radius 1 is 1.43 bits per heavy atom. The number of aromatic nitrogens is 1. The van der Waals surface area contributed by atoms with Gasteiger partial charge in [0.1, 0.15) is 36.0 Å². The SMILES string of the molecule is C[C@@H]1O[C@H](COc2ccc3cc(Cl)c(N)nc3c2)[C@@](C)(O)[C@H]1O. The molecule has 1 aromatic carbocycles. The van der Waals surface area contributed by atoms with Crippen LogP contribution in [0.5, 0.6) is 5.75 Å². The molecule has 4 N–H and O–H groups in total. The maximum absolute atomic E-state index is 10.3. The van der Waals surface area contributed by atoms with Gasteiger partial charge in [-0.15, -0.1) is 0 Å². The van der Waals surface area contributed by atoms with E-state index in [4.69, 9.17) is 26.8 Å². The van der Waals surface area contributed by atoms with Crippen molar-refractivity contribution in [1.82, 2.24) is 4.98 Å². The van der Waals surface area contributed by atoms with Crippen LogP contribution < -0.4 is 10.5 Å². The van der Waals surface area contributed by atoms with Crippen LogP contribution in [0.25, 0.3) is 10.9 Å². The van der Waals surface area contributed by atoms with Crippen molar-refractivity contribution < 1.29 is 19.7 Å². The van der Waals surface area contributed by atoms with Crippen molar-refractivity contribution >= 4 is 28.3 Å². The van der Waals surface area contributed by atoms with Gasteiger partial charge in [-0.25, -0.2) is 4.98 Å². The molecule has 1 fully saturated rings. The van der Waals surface area contributed by atoms with Gasteiger partial charge in [-0.2, -0.15) is 0 Å². The topological polar surface area (TPSA) is 97.8 Å². The predicted molar refractivity (Wildman–Crippen MR) is 87.6 cm³/mol. The summed E-state index contributed by atoms with van der Waals surface area (Å²) in [6.07, 6.45) is -2.01. The van der Waals surface area contributed by atoms with Crippen LogP contribution in [-0.4, -0.2) is 45.7 Å². The van der Waals surface area contributed by atoms with E-state index < -0.39 is 23.9 Å². The number of hydrogen-bond donors (Lipinski definition) is 3. The summed E-state index contributed by atoms with van der Waals surface area (Å²) in [6.45, 7) is 3.37. The number of ether oxygens (including phenoxy) is 2. The van der Waals surface area contributed by atoms with Gasteiger partial charge in [0.05, 0.1) is 16.6 Å². The van der Waals surface area contributed by atoms with Gasteiger partial charge >= 0.3 is 0 Å². The van der Waals surface area contributed by atoms with Crippen molar-refractivity contribution in [3.8, 4) is 5.75 Å². The van der Waals surface area contributed by atoms with Crippen LogP contribution in [0.15, 0.2) is 24.3 Å². The van der Waals surface area contributed by atoms with Crippen molar-refractivity contribution in [3.63, 3.8) is 0 Å².